The van der Waals surface area contributed by atoms with Crippen LogP contribution in [0.3, 0.4) is 0 Å². The largest absolute Gasteiger partial charge is 0.497 e. The zero-order valence-corrected chi connectivity index (χ0v) is 7.34. The average molecular weight is 164 g/mol. The molecule has 0 spiro atoms. The van der Waals surface area contributed by atoms with Crippen LogP contribution in [0.2, 0.25) is 0 Å². The number of benzene rings is 1. The van der Waals surface area contributed by atoms with Crippen molar-refractivity contribution in [3.05, 3.63) is 31.2 Å². The highest BCUT2D eigenvalue weighted by Gasteiger charge is 1.91. The summed E-state index contributed by atoms with van der Waals surface area (Å²) in [5.41, 5.74) is 1.11. The van der Waals surface area contributed by atoms with Gasteiger partial charge in [0, 0.05) is 12.2 Å². The van der Waals surface area contributed by atoms with Crippen LogP contribution >= 0.6 is 0 Å². The summed E-state index contributed by atoms with van der Waals surface area (Å²) in [6, 6.07) is 7.86. The number of rotatable bonds is 4. The number of methoxy groups -OCH3 is 1. The van der Waals surface area contributed by atoms with E-state index in [1.54, 1.807) is 7.11 Å². The van der Waals surface area contributed by atoms with Crippen molar-refractivity contribution in [2.24, 2.45) is 0 Å². The van der Waals surface area contributed by atoms with Crippen LogP contribution in [-0.2, 0) is 0 Å². The highest BCUT2D eigenvalue weighted by Crippen LogP contribution is 2.14. The Labute approximate surface area is 73.6 Å². The molecule has 0 amide bonds. The van der Waals surface area contributed by atoms with E-state index in [-0.39, 0.29) is 0 Å². The number of hydrogen-bond donors (Lipinski definition) is 1. The Kier molecular flexibility index (Phi) is 3.45. The molecule has 65 valence electrons. The molecule has 2 heteroatoms. The molecule has 0 unspecified atom stereocenters. The topological polar surface area (TPSA) is 21.3 Å². The predicted molar refractivity (Wildman–Crippen MR) is 51.5 cm³/mol. The van der Waals surface area contributed by atoms with Crippen LogP contribution in [0.15, 0.2) is 24.3 Å². The van der Waals surface area contributed by atoms with E-state index in [0.717, 1.165) is 24.4 Å². The van der Waals surface area contributed by atoms with Gasteiger partial charge >= 0.3 is 0 Å². The second kappa shape index (κ2) is 4.65. The standard InChI is InChI=1S/C10H14NO/c1-3-8-11-9-4-6-10(12-2)7-5-9/h4-7,11H,1,3,8H2,2H3. The predicted octanol–water partition coefficient (Wildman–Crippen LogP) is 2.33. The number of ether oxygens (including phenoxy) is 1. The molecule has 1 radical (unpaired) electrons. The summed E-state index contributed by atoms with van der Waals surface area (Å²) >= 11 is 0. The normalized spacial score (nSPS) is 9.50. The van der Waals surface area contributed by atoms with Crippen molar-refractivity contribution in [3.63, 3.8) is 0 Å². The summed E-state index contributed by atoms with van der Waals surface area (Å²) < 4.78 is 5.03. The molecule has 0 aliphatic rings. The van der Waals surface area contributed by atoms with Crippen LogP contribution < -0.4 is 10.1 Å². The minimum absolute atomic E-state index is 0.884. The molecule has 1 aromatic rings. The second-order valence-corrected chi connectivity index (χ2v) is 2.51. The van der Waals surface area contributed by atoms with Crippen LogP contribution in [0.1, 0.15) is 6.42 Å². The lowest BCUT2D eigenvalue weighted by atomic mass is 10.3. The van der Waals surface area contributed by atoms with Gasteiger partial charge in [0.2, 0.25) is 0 Å². The van der Waals surface area contributed by atoms with Gasteiger partial charge in [0.25, 0.3) is 0 Å². The Bertz CT molecular complexity index is 218. The third-order valence-corrected chi connectivity index (χ3v) is 1.60. The zero-order chi connectivity index (χ0) is 8.81. The fourth-order valence-electron chi connectivity index (χ4n) is 0.942. The van der Waals surface area contributed by atoms with Crippen LogP contribution in [0.4, 0.5) is 5.69 Å². The Morgan fingerprint density at radius 2 is 2.00 bits per heavy atom. The maximum Gasteiger partial charge on any atom is 0.119 e. The van der Waals surface area contributed by atoms with Gasteiger partial charge in [-0.05, 0) is 30.7 Å². The lowest BCUT2D eigenvalue weighted by Gasteiger charge is -2.04. The molecule has 0 saturated carbocycles. The van der Waals surface area contributed by atoms with Crippen molar-refractivity contribution in [1.82, 2.24) is 0 Å². The summed E-state index contributed by atoms with van der Waals surface area (Å²) in [7, 11) is 1.67. The van der Waals surface area contributed by atoms with E-state index in [9.17, 15) is 0 Å². The molecule has 0 saturated heterocycles. The SMILES string of the molecule is [CH2]CCNc1ccc(OC)cc1. The molecule has 0 aliphatic carbocycles. The first-order chi connectivity index (χ1) is 5.86. The lowest BCUT2D eigenvalue weighted by molar-refractivity contribution is 0.415. The molecule has 0 atom stereocenters. The van der Waals surface area contributed by atoms with Crippen molar-refractivity contribution >= 4 is 5.69 Å². The third-order valence-electron chi connectivity index (χ3n) is 1.60. The van der Waals surface area contributed by atoms with Gasteiger partial charge in [-0.1, -0.05) is 6.92 Å². The number of hydrogen-bond acceptors (Lipinski definition) is 2. The first-order valence-electron chi connectivity index (χ1n) is 4.04. The fraction of sp³-hybridized carbons (Fsp3) is 0.300. The highest BCUT2D eigenvalue weighted by atomic mass is 16.5. The molecule has 0 bridgehead atoms. The van der Waals surface area contributed by atoms with Gasteiger partial charge in [-0.3, -0.25) is 0 Å². The molecule has 0 fully saturated rings. The highest BCUT2D eigenvalue weighted by molar-refractivity contribution is 5.46. The zero-order valence-electron chi connectivity index (χ0n) is 7.34. The van der Waals surface area contributed by atoms with Gasteiger partial charge in [0.05, 0.1) is 7.11 Å². The Balaban J connectivity index is 2.53. The van der Waals surface area contributed by atoms with E-state index in [4.69, 9.17) is 4.74 Å². The van der Waals surface area contributed by atoms with E-state index >= 15 is 0 Å². The number of anilines is 1. The monoisotopic (exact) mass is 164 g/mol. The van der Waals surface area contributed by atoms with Crippen molar-refractivity contribution in [2.45, 2.75) is 6.42 Å². The van der Waals surface area contributed by atoms with Crippen molar-refractivity contribution in [3.8, 4) is 5.75 Å². The molecule has 12 heavy (non-hydrogen) atoms. The summed E-state index contributed by atoms with van der Waals surface area (Å²) in [6.07, 6.45) is 0.895. The van der Waals surface area contributed by atoms with Gasteiger partial charge in [-0.15, -0.1) is 0 Å². The summed E-state index contributed by atoms with van der Waals surface area (Å²) in [4.78, 5) is 0. The van der Waals surface area contributed by atoms with E-state index in [1.807, 2.05) is 24.3 Å². The second-order valence-electron chi connectivity index (χ2n) is 2.51. The Hall–Kier alpha value is -1.18. The van der Waals surface area contributed by atoms with Gasteiger partial charge < -0.3 is 10.1 Å². The minimum Gasteiger partial charge on any atom is -0.497 e. The lowest BCUT2D eigenvalue weighted by Crippen LogP contribution is -1.98. The molecule has 0 heterocycles. The molecule has 0 aromatic heterocycles. The van der Waals surface area contributed by atoms with Crippen LogP contribution in [-0.4, -0.2) is 13.7 Å². The third kappa shape index (κ3) is 2.46. The first-order valence-corrected chi connectivity index (χ1v) is 4.04. The van der Waals surface area contributed by atoms with E-state index < -0.39 is 0 Å². The maximum atomic E-state index is 5.03. The first kappa shape index (κ1) is 8.91. The number of nitrogens with one attached hydrogen (secondary N) is 1. The molecule has 1 aromatic carbocycles. The van der Waals surface area contributed by atoms with Gasteiger partial charge in [0.1, 0.15) is 5.75 Å². The van der Waals surface area contributed by atoms with Crippen LogP contribution in [0, 0.1) is 6.92 Å². The smallest absolute Gasteiger partial charge is 0.119 e. The quantitative estimate of drug-likeness (QED) is 0.737. The van der Waals surface area contributed by atoms with Gasteiger partial charge in [-0.25, -0.2) is 0 Å². The molecule has 1 rings (SSSR count). The molecule has 2 nitrogen and oxygen atoms in total. The van der Waals surface area contributed by atoms with E-state index in [1.165, 1.54) is 0 Å². The van der Waals surface area contributed by atoms with Crippen molar-refractivity contribution < 1.29 is 4.74 Å². The van der Waals surface area contributed by atoms with E-state index in [0.29, 0.717) is 0 Å². The summed E-state index contributed by atoms with van der Waals surface area (Å²) in [5, 5.41) is 3.23. The molecule has 0 aliphatic heterocycles. The summed E-state index contributed by atoms with van der Waals surface area (Å²) in [5.74, 6) is 0.884. The molecular formula is C10H14NO. The van der Waals surface area contributed by atoms with E-state index in [2.05, 4.69) is 12.2 Å². The Morgan fingerprint density at radius 3 is 2.50 bits per heavy atom. The van der Waals surface area contributed by atoms with Gasteiger partial charge in [-0.2, -0.15) is 0 Å². The van der Waals surface area contributed by atoms with Gasteiger partial charge in [0.15, 0.2) is 0 Å². The minimum atomic E-state index is 0.884. The maximum absolute atomic E-state index is 5.03. The molecule has 1 N–H and O–H groups in total. The fourth-order valence-corrected chi connectivity index (χ4v) is 0.942. The summed E-state index contributed by atoms with van der Waals surface area (Å²) in [6.45, 7) is 4.66. The van der Waals surface area contributed by atoms with Crippen molar-refractivity contribution in [1.29, 1.82) is 0 Å². The average Bonchev–Trinajstić information content (AvgIpc) is 2.15. The molecular weight excluding hydrogens is 150 g/mol. The van der Waals surface area contributed by atoms with Crippen molar-refractivity contribution in [2.75, 3.05) is 19.0 Å². The van der Waals surface area contributed by atoms with Crippen LogP contribution in [0.25, 0.3) is 0 Å². The Morgan fingerprint density at radius 1 is 1.33 bits per heavy atom. The van der Waals surface area contributed by atoms with Crippen LogP contribution in [0.5, 0.6) is 5.75 Å².